The van der Waals surface area contributed by atoms with Crippen molar-refractivity contribution in [2.24, 2.45) is 0 Å². The van der Waals surface area contributed by atoms with Crippen molar-refractivity contribution in [1.82, 2.24) is 19.7 Å². The average molecular weight is 385 g/mol. The van der Waals surface area contributed by atoms with Gasteiger partial charge in [0.05, 0.1) is 11.8 Å². The van der Waals surface area contributed by atoms with Gasteiger partial charge in [-0.05, 0) is 32.0 Å². The number of hydrogen-bond acceptors (Lipinski definition) is 6. The fraction of sp³-hybridized carbons (Fsp3) is 0.421. The molecule has 1 fully saturated rings. The zero-order valence-corrected chi connectivity index (χ0v) is 16.6. The van der Waals surface area contributed by atoms with Crippen molar-refractivity contribution < 1.29 is 9.53 Å². The molecule has 1 aliphatic rings. The minimum absolute atomic E-state index is 0.0101. The first kappa shape index (κ1) is 17.8. The van der Waals surface area contributed by atoms with Gasteiger partial charge in [-0.15, -0.1) is 0 Å². The summed E-state index contributed by atoms with van der Waals surface area (Å²) in [6.45, 7) is 7.65. The Hall–Kier alpha value is -2.61. The van der Waals surface area contributed by atoms with Crippen LogP contribution in [0.15, 0.2) is 24.3 Å². The highest BCUT2D eigenvalue weighted by molar-refractivity contribution is 7.22. The number of nitrogens with zero attached hydrogens (tertiary/aromatic N) is 5. The Labute approximate surface area is 162 Å². The van der Waals surface area contributed by atoms with Crippen LogP contribution in [0.25, 0.3) is 10.2 Å². The van der Waals surface area contributed by atoms with E-state index in [1.54, 1.807) is 18.4 Å². The maximum absolute atomic E-state index is 12.8. The maximum Gasteiger partial charge on any atom is 0.274 e. The lowest BCUT2D eigenvalue weighted by atomic mass is 10.2. The molecule has 0 N–H and O–H groups in total. The highest BCUT2D eigenvalue weighted by Crippen LogP contribution is 2.34. The SMILES string of the molecule is CCn1nc(C(=O)N2CCN(c3nc4c(OC)cccc4s3)CC2)cc1C. The molecule has 0 unspecified atom stereocenters. The van der Waals surface area contributed by atoms with Gasteiger partial charge in [0.1, 0.15) is 11.3 Å². The zero-order valence-electron chi connectivity index (χ0n) is 15.8. The first-order valence-electron chi connectivity index (χ1n) is 9.13. The van der Waals surface area contributed by atoms with Gasteiger partial charge in [-0.25, -0.2) is 4.98 Å². The van der Waals surface area contributed by atoms with Crippen molar-refractivity contribution in [3.63, 3.8) is 0 Å². The number of methoxy groups -OCH3 is 1. The van der Waals surface area contributed by atoms with Crippen LogP contribution in [0.3, 0.4) is 0 Å². The van der Waals surface area contributed by atoms with E-state index in [-0.39, 0.29) is 5.91 Å². The number of carbonyl (C=O) groups excluding carboxylic acids is 1. The third-order valence-electron chi connectivity index (χ3n) is 4.93. The van der Waals surface area contributed by atoms with Crippen molar-refractivity contribution in [1.29, 1.82) is 0 Å². The Kier molecular flexibility index (Phi) is 4.73. The topological polar surface area (TPSA) is 63.5 Å². The van der Waals surface area contributed by atoms with E-state index in [0.717, 1.165) is 46.4 Å². The number of hydrogen-bond donors (Lipinski definition) is 0. The fourth-order valence-corrected chi connectivity index (χ4v) is 4.44. The molecule has 0 atom stereocenters. The number of para-hydroxylation sites is 1. The minimum atomic E-state index is 0.0101. The maximum atomic E-state index is 12.8. The number of anilines is 1. The molecular weight excluding hydrogens is 362 g/mol. The summed E-state index contributed by atoms with van der Waals surface area (Å²) in [6.07, 6.45) is 0. The smallest absolute Gasteiger partial charge is 0.274 e. The lowest BCUT2D eigenvalue weighted by Gasteiger charge is -2.34. The quantitative estimate of drug-likeness (QED) is 0.691. The number of thiazole rings is 1. The summed E-state index contributed by atoms with van der Waals surface area (Å²) in [7, 11) is 1.67. The van der Waals surface area contributed by atoms with E-state index in [4.69, 9.17) is 9.72 Å². The molecule has 1 saturated heterocycles. The largest absolute Gasteiger partial charge is 0.494 e. The summed E-state index contributed by atoms with van der Waals surface area (Å²) < 4.78 is 8.38. The second kappa shape index (κ2) is 7.19. The number of benzene rings is 1. The normalized spacial score (nSPS) is 14.8. The van der Waals surface area contributed by atoms with Gasteiger partial charge in [0.2, 0.25) is 0 Å². The summed E-state index contributed by atoms with van der Waals surface area (Å²) >= 11 is 1.66. The standard InChI is InChI=1S/C19H23N5O2S/c1-4-24-13(2)12-14(21-24)18(25)22-8-10-23(11-9-22)19-20-17-15(26-3)6-5-7-16(17)27-19/h5-7,12H,4,8-11H2,1-3H3. The number of fused-ring (bicyclic) bond motifs is 1. The predicted octanol–water partition coefficient (Wildman–Crippen LogP) is 2.79. The van der Waals surface area contributed by atoms with Crippen LogP contribution in [-0.2, 0) is 6.54 Å². The fourth-order valence-electron chi connectivity index (χ4n) is 3.41. The molecule has 0 saturated carbocycles. The number of aromatic nitrogens is 3. The molecule has 0 aliphatic carbocycles. The molecule has 1 amide bonds. The first-order valence-corrected chi connectivity index (χ1v) is 9.94. The first-order chi connectivity index (χ1) is 13.1. The molecule has 0 radical (unpaired) electrons. The molecule has 0 bridgehead atoms. The van der Waals surface area contributed by atoms with Gasteiger partial charge in [0, 0.05) is 38.4 Å². The van der Waals surface area contributed by atoms with Gasteiger partial charge in [0.25, 0.3) is 5.91 Å². The van der Waals surface area contributed by atoms with Crippen LogP contribution in [-0.4, -0.2) is 58.9 Å². The van der Waals surface area contributed by atoms with E-state index in [2.05, 4.69) is 16.1 Å². The van der Waals surface area contributed by atoms with Crippen LogP contribution in [0, 0.1) is 6.92 Å². The predicted molar refractivity (Wildman–Crippen MR) is 107 cm³/mol. The van der Waals surface area contributed by atoms with E-state index in [9.17, 15) is 4.79 Å². The Balaban J connectivity index is 1.46. The molecule has 27 heavy (non-hydrogen) atoms. The van der Waals surface area contributed by atoms with Crippen molar-refractivity contribution in [2.75, 3.05) is 38.2 Å². The molecule has 8 heteroatoms. The van der Waals surface area contributed by atoms with Crippen molar-refractivity contribution in [2.45, 2.75) is 20.4 Å². The molecule has 7 nitrogen and oxygen atoms in total. The van der Waals surface area contributed by atoms with Crippen molar-refractivity contribution >= 4 is 32.6 Å². The molecule has 3 heterocycles. The molecule has 1 aliphatic heterocycles. The zero-order chi connectivity index (χ0) is 19.0. The van der Waals surface area contributed by atoms with E-state index < -0.39 is 0 Å². The summed E-state index contributed by atoms with van der Waals surface area (Å²) in [5.41, 5.74) is 2.45. The molecule has 2 aromatic heterocycles. The van der Waals surface area contributed by atoms with E-state index in [1.165, 1.54) is 0 Å². The van der Waals surface area contributed by atoms with Crippen LogP contribution >= 0.6 is 11.3 Å². The summed E-state index contributed by atoms with van der Waals surface area (Å²) in [5, 5.41) is 5.40. The molecule has 3 aromatic rings. The van der Waals surface area contributed by atoms with Crippen LogP contribution in [0.5, 0.6) is 5.75 Å². The molecule has 142 valence electrons. The molecule has 1 aromatic carbocycles. The van der Waals surface area contributed by atoms with Gasteiger partial charge >= 0.3 is 0 Å². The number of amides is 1. The Morgan fingerprint density at radius 1 is 1.26 bits per heavy atom. The minimum Gasteiger partial charge on any atom is -0.494 e. The Morgan fingerprint density at radius 2 is 2.04 bits per heavy atom. The van der Waals surface area contributed by atoms with E-state index >= 15 is 0 Å². The monoisotopic (exact) mass is 385 g/mol. The third kappa shape index (κ3) is 3.25. The Bertz CT molecular complexity index is 972. The van der Waals surface area contributed by atoms with Gasteiger partial charge in [-0.1, -0.05) is 17.4 Å². The van der Waals surface area contributed by atoms with Crippen LogP contribution in [0.2, 0.25) is 0 Å². The van der Waals surface area contributed by atoms with Crippen LogP contribution < -0.4 is 9.64 Å². The van der Waals surface area contributed by atoms with Crippen LogP contribution in [0.1, 0.15) is 23.1 Å². The number of aryl methyl sites for hydroxylation is 2. The number of ether oxygens (including phenoxy) is 1. The lowest BCUT2D eigenvalue weighted by molar-refractivity contribution is 0.0740. The summed E-state index contributed by atoms with van der Waals surface area (Å²) in [5.74, 6) is 0.807. The number of piperazine rings is 1. The molecular formula is C19H23N5O2S. The van der Waals surface area contributed by atoms with Gasteiger partial charge in [0.15, 0.2) is 10.8 Å². The highest BCUT2D eigenvalue weighted by Gasteiger charge is 2.26. The Morgan fingerprint density at radius 3 is 2.70 bits per heavy atom. The highest BCUT2D eigenvalue weighted by atomic mass is 32.1. The number of carbonyl (C=O) groups is 1. The second-order valence-electron chi connectivity index (χ2n) is 6.57. The third-order valence-corrected chi connectivity index (χ3v) is 6.01. The molecule has 4 rings (SSSR count). The van der Waals surface area contributed by atoms with Gasteiger partial charge in [-0.2, -0.15) is 5.10 Å². The van der Waals surface area contributed by atoms with Crippen molar-refractivity contribution in [3.8, 4) is 5.75 Å². The van der Waals surface area contributed by atoms with E-state index in [1.807, 2.05) is 41.6 Å². The van der Waals surface area contributed by atoms with Crippen LogP contribution in [0.4, 0.5) is 5.13 Å². The second-order valence-corrected chi connectivity index (χ2v) is 7.58. The number of rotatable bonds is 4. The average Bonchev–Trinajstić information content (AvgIpc) is 3.30. The summed E-state index contributed by atoms with van der Waals surface area (Å²) in [6, 6.07) is 7.85. The molecule has 0 spiro atoms. The van der Waals surface area contributed by atoms with Gasteiger partial charge < -0.3 is 14.5 Å². The summed E-state index contributed by atoms with van der Waals surface area (Å²) in [4.78, 5) is 21.6. The van der Waals surface area contributed by atoms with E-state index in [0.29, 0.717) is 18.8 Å². The lowest BCUT2D eigenvalue weighted by Crippen LogP contribution is -2.48. The van der Waals surface area contributed by atoms with Gasteiger partial charge in [-0.3, -0.25) is 9.48 Å². The van der Waals surface area contributed by atoms with Crippen molar-refractivity contribution in [3.05, 3.63) is 35.7 Å².